The van der Waals surface area contributed by atoms with Gasteiger partial charge in [-0.3, -0.25) is 4.79 Å². The first kappa shape index (κ1) is 18.1. The molecule has 0 atom stereocenters. The maximum atomic E-state index is 13.7. The molecule has 0 aromatic heterocycles. The fraction of sp³-hybridized carbons (Fsp3) is 0.235. The summed E-state index contributed by atoms with van der Waals surface area (Å²) in [7, 11) is -1.93. The minimum absolute atomic E-state index is 0.0363. The molecular weight excluding hydrogens is 331 g/mol. The molecule has 0 heterocycles. The molecule has 2 aromatic rings. The molecule has 0 saturated heterocycles. The number of nitrogens with one attached hydrogen (secondary N) is 2. The molecule has 0 fully saturated rings. The van der Waals surface area contributed by atoms with Gasteiger partial charge in [-0.25, -0.2) is 17.5 Å². The summed E-state index contributed by atoms with van der Waals surface area (Å²) in [5, 5.41) is 3.04. The number of rotatable bonds is 7. The Morgan fingerprint density at radius 3 is 2.29 bits per heavy atom. The number of ketones is 1. The van der Waals surface area contributed by atoms with Crippen molar-refractivity contribution in [3.63, 3.8) is 0 Å². The molecule has 0 radical (unpaired) electrons. The third-order valence-corrected chi connectivity index (χ3v) is 4.87. The minimum Gasteiger partial charge on any atom is -0.380 e. The Balaban J connectivity index is 2.08. The summed E-state index contributed by atoms with van der Waals surface area (Å²) in [5.41, 5.74) is 2.03. The molecule has 24 heavy (non-hydrogen) atoms. The molecule has 0 unspecified atom stereocenters. The number of anilines is 1. The third-order valence-electron chi connectivity index (χ3n) is 3.54. The van der Waals surface area contributed by atoms with E-state index in [0.29, 0.717) is 17.8 Å². The fourth-order valence-electron chi connectivity index (χ4n) is 2.27. The molecule has 0 aliphatic heterocycles. The molecule has 0 bridgehead atoms. The SMILES string of the molecule is CNS(=O)(=O)Cc1ccc(CNc2cccc(F)c2C(C)=O)cc1. The van der Waals surface area contributed by atoms with Crippen LogP contribution in [0.2, 0.25) is 0 Å². The van der Waals surface area contributed by atoms with Crippen LogP contribution in [0, 0.1) is 5.82 Å². The topological polar surface area (TPSA) is 75.3 Å². The van der Waals surface area contributed by atoms with Crippen LogP contribution in [0.3, 0.4) is 0 Å². The molecule has 5 nitrogen and oxygen atoms in total. The zero-order valence-corrected chi connectivity index (χ0v) is 14.3. The van der Waals surface area contributed by atoms with Crippen LogP contribution < -0.4 is 10.0 Å². The molecule has 2 rings (SSSR count). The van der Waals surface area contributed by atoms with Gasteiger partial charge in [0.15, 0.2) is 5.78 Å². The van der Waals surface area contributed by atoms with E-state index in [1.54, 1.807) is 30.3 Å². The quantitative estimate of drug-likeness (QED) is 0.753. The van der Waals surface area contributed by atoms with Crippen LogP contribution in [0.4, 0.5) is 10.1 Å². The minimum atomic E-state index is -3.31. The van der Waals surface area contributed by atoms with Crippen LogP contribution in [0.1, 0.15) is 28.4 Å². The van der Waals surface area contributed by atoms with Crippen molar-refractivity contribution in [3.05, 3.63) is 65.0 Å². The first-order chi connectivity index (χ1) is 11.3. The van der Waals surface area contributed by atoms with Gasteiger partial charge in [-0.1, -0.05) is 30.3 Å². The van der Waals surface area contributed by atoms with E-state index in [0.717, 1.165) is 5.56 Å². The fourth-order valence-corrected chi connectivity index (χ4v) is 3.05. The summed E-state index contributed by atoms with van der Waals surface area (Å²) < 4.78 is 39.0. The van der Waals surface area contributed by atoms with Crippen LogP contribution in [-0.2, 0) is 22.3 Å². The van der Waals surface area contributed by atoms with Gasteiger partial charge >= 0.3 is 0 Å². The monoisotopic (exact) mass is 350 g/mol. The molecule has 128 valence electrons. The van der Waals surface area contributed by atoms with Gasteiger partial charge < -0.3 is 5.32 Å². The van der Waals surface area contributed by atoms with E-state index in [1.165, 1.54) is 26.1 Å². The Morgan fingerprint density at radius 2 is 1.71 bits per heavy atom. The van der Waals surface area contributed by atoms with Gasteiger partial charge in [-0.05, 0) is 37.2 Å². The summed E-state index contributed by atoms with van der Waals surface area (Å²) in [6.45, 7) is 1.71. The zero-order valence-electron chi connectivity index (χ0n) is 13.5. The maximum absolute atomic E-state index is 13.7. The Morgan fingerprint density at radius 1 is 1.08 bits per heavy atom. The van der Waals surface area contributed by atoms with E-state index in [1.807, 2.05) is 0 Å². The van der Waals surface area contributed by atoms with Gasteiger partial charge in [0.25, 0.3) is 0 Å². The van der Waals surface area contributed by atoms with Crippen LogP contribution in [0.25, 0.3) is 0 Å². The summed E-state index contributed by atoms with van der Waals surface area (Å²) >= 11 is 0. The number of Topliss-reactive ketones (excluding diaryl/α,β-unsaturated/α-hetero) is 1. The number of hydrogen-bond donors (Lipinski definition) is 2. The van der Waals surface area contributed by atoms with E-state index >= 15 is 0 Å². The Bertz CT molecular complexity index is 833. The van der Waals surface area contributed by atoms with Crippen molar-refractivity contribution in [3.8, 4) is 0 Å². The number of sulfonamides is 1. The van der Waals surface area contributed by atoms with Gasteiger partial charge in [0.05, 0.1) is 11.3 Å². The zero-order chi connectivity index (χ0) is 17.7. The molecule has 2 aromatic carbocycles. The lowest BCUT2D eigenvalue weighted by Crippen LogP contribution is -2.20. The maximum Gasteiger partial charge on any atom is 0.215 e. The van der Waals surface area contributed by atoms with Gasteiger partial charge in [0, 0.05) is 12.2 Å². The highest BCUT2D eigenvalue weighted by Crippen LogP contribution is 2.20. The number of halogens is 1. The number of carbonyl (C=O) groups excluding carboxylic acids is 1. The highest BCUT2D eigenvalue weighted by Gasteiger charge is 2.12. The summed E-state index contributed by atoms with van der Waals surface area (Å²) in [6.07, 6.45) is 0. The van der Waals surface area contributed by atoms with Crippen LogP contribution in [0.15, 0.2) is 42.5 Å². The van der Waals surface area contributed by atoms with Crippen molar-refractivity contribution in [1.29, 1.82) is 0 Å². The Kier molecular flexibility index (Phi) is 5.69. The van der Waals surface area contributed by atoms with Gasteiger partial charge in [0.2, 0.25) is 10.0 Å². The lowest BCUT2D eigenvalue weighted by atomic mass is 10.1. The van der Waals surface area contributed by atoms with Crippen molar-refractivity contribution in [2.45, 2.75) is 19.2 Å². The Hall–Kier alpha value is -2.25. The lowest BCUT2D eigenvalue weighted by Gasteiger charge is -2.11. The van der Waals surface area contributed by atoms with Crippen molar-refractivity contribution in [2.24, 2.45) is 0 Å². The first-order valence-corrected chi connectivity index (χ1v) is 9.00. The standard InChI is InChI=1S/C17H19FN2O3S/c1-12(21)17-15(18)4-3-5-16(17)20-10-13-6-8-14(9-7-13)11-24(22,23)19-2/h3-9,19-20H,10-11H2,1-2H3. The number of carbonyl (C=O) groups is 1. The highest BCUT2D eigenvalue weighted by molar-refractivity contribution is 7.88. The highest BCUT2D eigenvalue weighted by atomic mass is 32.2. The summed E-state index contributed by atoms with van der Waals surface area (Å²) in [6, 6.07) is 11.5. The average Bonchev–Trinajstić information content (AvgIpc) is 2.53. The van der Waals surface area contributed by atoms with Gasteiger partial charge in [0.1, 0.15) is 5.82 Å². The third kappa shape index (κ3) is 4.62. The van der Waals surface area contributed by atoms with E-state index in [2.05, 4.69) is 10.0 Å². The van der Waals surface area contributed by atoms with Crippen molar-refractivity contribution in [2.75, 3.05) is 12.4 Å². The summed E-state index contributed by atoms with van der Waals surface area (Å²) in [5.74, 6) is -0.987. The molecular formula is C17H19FN2O3S. The molecule has 0 amide bonds. The van der Waals surface area contributed by atoms with E-state index in [4.69, 9.17) is 0 Å². The van der Waals surface area contributed by atoms with Gasteiger partial charge in [-0.15, -0.1) is 0 Å². The number of hydrogen-bond acceptors (Lipinski definition) is 4. The van der Waals surface area contributed by atoms with Crippen LogP contribution in [0.5, 0.6) is 0 Å². The molecule has 2 N–H and O–H groups in total. The van der Waals surface area contributed by atoms with Crippen molar-refractivity contribution < 1.29 is 17.6 Å². The molecule has 0 aliphatic carbocycles. The smallest absolute Gasteiger partial charge is 0.215 e. The second-order valence-electron chi connectivity index (χ2n) is 5.35. The van der Waals surface area contributed by atoms with Crippen molar-refractivity contribution in [1.82, 2.24) is 4.72 Å². The lowest BCUT2D eigenvalue weighted by molar-refractivity contribution is 0.101. The molecule has 0 aliphatic rings. The van der Waals surface area contributed by atoms with Crippen LogP contribution in [-0.4, -0.2) is 21.2 Å². The van der Waals surface area contributed by atoms with Gasteiger partial charge in [-0.2, -0.15) is 0 Å². The second kappa shape index (κ2) is 7.55. The second-order valence-corrected chi connectivity index (χ2v) is 7.28. The van der Waals surface area contributed by atoms with Crippen LogP contribution >= 0.6 is 0 Å². The largest absolute Gasteiger partial charge is 0.380 e. The molecule has 0 saturated carbocycles. The summed E-state index contributed by atoms with van der Waals surface area (Å²) in [4.78, 5) is 11.6. The first-order valence-electron chi connectivity index (χ1n) is 7.35. The van der Waals surface area contributed by atoms with E-state index < -0.39 is 15.8 Å². The normalized spacial score (nSPS) is 11.3. The predicted molar refractivity (Wildman–Crippen MR) is 91.9 cm³/mol. The molecule has 0 spiro atoms. The predicted octanol–water partition coefficient (Wildman–Crippen LogP) is 2.69. The molecule has 7 heteroatoms. The Labute approximate surface area is 141 Å². The van der Waals surface area contributed by atoms with E-state index in [9.17, 15) is 17.6 Å². The van der Waals surface area contributed by atoms with Crippen molar-refractivity contribution >= 4 is 21.5 Å². The number of benzene rings is 2. The average molecular weight is 350 g/mol. The van der Waals surface area contributed by atoms with E-state index in [-0.39, 0.29) is 17.1 Å².